The van der Waals surface area contributed by atoms with E-state index in [4.69, 9.17) is 18.9 Å². The van der Waals surface area contributed by atoms with Crippen LogP contribution in [0.2, 0.25) is 0 Å². The first-order valence-electron chi connectivity index (χ1n) is 14.7. The largest absolute Gasteiger partial charge is 0.481 e. The molecule has 0 N–H and O–H groups in total. The number of hydrogen-bond acceptors (Lipinski definition) is 11. The van der Waals surface area contributed by atoms with Gasteiger partial charge in [0.1, 0.15) is 17.2 Å². The van der Waals surface area contributed by atoms with Gasteiger partial charge in [0.15, 0.2) is 32.4 Å². The summed E-state index contributed by atoms with van der Waals surface area (Å²) in [6.45, 7) is 8.69. The highest BCUT2D eigenvalue weighted by atomic mass is 16.6. The van der Waals surface area contributed by atoms with Crippen LogP contribution in [0.5, 0.6) is 17.2 Å². The Morgan fingerprint density at radius 2 is 0.957 bits per heavy atom. The van der Waals surface area contributed by atoms with Crippen LogP contribution in [-0.2, 0) is 39.4 Å². The first kappa shape index (κ1) is 36.3. The molecule has 3 aromatic rings. The highest BCUT2D eigenvalue weighted by Gasteiger charge is 2.35. The lowest BCUT2D eigenvalue weighted by Gasteiger charge is -2.35. The van der Waals surface area contributed by atoms with Gasteiger partial charge in [-0.1, -0.05) is 57.5 Å². The third-order valence-electron chi connectivity index (χ3n) is 8.01. The Balaban J connectivity index is 2.19. The first-order chi connectivity index (χ1) is 22.2. The van der Waals surface area contributed by atoms with E-state index in [1.165, 1.54) is 21.3 Å². The minimum Gasteiger partial charge on any atom is -0.481 e. The molecule has 0 aliphatic rings. The Bertz CT molecular complexity index is 1540. The number of rotatable bonds is 15. The second kappa shape index (κ2) is 15.4. The fraction of sp³-hybridized carbons (Fsp3) is 0.361. The van der Waals surface area contributed by atoms with Gasteiger partial charge in [0.25, 0.3) is 0 Å². The Hall–Kier alpha value is -5.19. The van der Waals surface area contributed by atoms with Crippen LogP contribution in [0.25, 0.3) is 0 Å². The van der Waals surface area contributed by atoms with E-state index >= 15 is 0 Å². The number of benzene rings is 3. The summed E-state index contributed by atoms with van der Waals surface area (Å²) in [5.74, 6) is -0.877. The van der Waals surface area contributed by atoms with Gasteiger partial charge in [-0.05, 0) is 42.3 Å². The predicted molar refractivity (Wildman–Crippen MR) is 172 cm³/mol. The van der Waals surface area contributed by atoms with E-state index in [-0.39, 0.29) is 42.4 Å². The van der Waals surface area contributed by atoms with Gasteiger partial charge < -0.3 is 28.4 Å². The zero-order chi connectivity index (χ0) is 34.9. The average molecular weight is 649 g/mol. The number of methoxy groups -OCH3 is 3. The quantitative estimate of drug-likeness (QED) is 0.126. The van der Waals surface area contributed by atoms with Crippen molar-refractivity contribution in [2.24, 2.45) is 0 Å². The molecule has 0 amide bonds. The Kier molecular flexibility index (Phi) is 11.9. The highest BCUT2D eigenvalue weighted by Crippen LogP contribution is 2.46. The van der Waals surface area contributed by atoms with Crippen LogP contribution in [0.3, 0.4) is 0 Å². The van der Waals surface area contributed by atoms with Crippen molar-refractivity contribution in [1.29, 1.82) is 0 Å². The van der Waals surface area contributed by atoms with Gasteiger partial charge in [0.05, 0.1) is 32.5 Å². The second-order valence-corrected chi connectivity index (χ2v) is 11.8. The van der Waals surface area contributed by atoms with E-state index in [1.54, 1.807) is 36.4 Å². The third kappa shape index (κ3) is 8.35. The van der Waals surface area contributed by atoms with E-state index in [0.717, 1.165) is 27.8 Å². The van der Waals surface area contributed by atoms with Gasteiger partial charge in [0.2, 0.25) is 0 Å². The molecule has 0 radical (unpaired) electrons. The number of carbonyl (C=O) groups is 5. The van der Waals surface area contributed by atoms with Crippen LogP contribution in [0.1, 0.15) is 76.2 Å². The zero-order valence-electron chi connectivity index (χ0n) is 27.9. The number of aryl methyl sites for hydroxylation is 1. The maximum Gasteiger partial charge on any atom is 0.343 e. The molecule has 250 valence electrons. The Morgan fingerprint density at radius 1 is 0.596 bits per heavy atom. The van der Waals surface area contributed by atoms with Gasteiger partial charge in [-0.25, -0.2) is 14.4 Å². The molecule has 11 heteroatoms. The maximum atomic E-state index is 12.3. The van der Waals surface area contributed by atoms with Crippen LogP contribution in [-0.4, -0.2) is 71.6 Å². The average Bonchev–Trinajstić information content (AvgIpc) is 3.07. The van der Waals surface area contributed by atoms with E-state index in [9.17, 15) is 24.0 Å². The Morgan fingerprint density at radius 3 is 1.30 bits per heavy atom. The van der Waals surface area contributed by atoms with Gasteiger partial charge in [-0.15, -0.1) is 0 Å². The highest BCUT2D eigenvalue weighted by molar-refractivity contribution is 5.81. The van der Waals surface area contributed by atoms with Gasteiger partial charge in [-0.2, -0.15) is 0 Å². The molecule has 3 aromatic carbocycles. The molecule has 0 aliphatic carbocycles. The van der Waals surface area contributed by atoms with Gasteiger partial charge in [-0.3, -0.25) is 9.59 Å². The number of aldehydes is 2. The van der Waals surface area contributed by atoms with Gasteiger partial charge >= 0.3 is 17.9 Å². The molecule has 0 saturated heterocycles. The van der Waals surface area contributed by atoms with Crippen LogP contribution in [0.15, 0.2) is 48.5 Å². The number of hydrogen-bond donors (Lipinski definition) is 0. The Labute approximate surface area is 274 Å². The minimum absolute atomic E-state index is 0.225. The van der Waals surface area contributed by atoms with Crippen LogP contribution in [0, 0.1) is 6.92 Å². The number of carbonyl (C=O) groups excluding carboxylic acids is 5. The fourth-order valence-electron chi connectivity index (χ4n) is 5.07. The standard InChI is InChI=1S/C36H40O11/c1-22-13-27(35(2,3)25-9-11-29(23(15-25)17-37)45-19-31(39)42-6)34(47-21-33(41)44-8)28(14-22)36(4,5)26-10-12-30(24(16-26)18-38)46-20-32(40)43-7/h9-18H,19-21H2,1-8H3. The molecule has 0 unspecified atom stereocenters. The van der Waals surface area contributed by atoms with E-state index in [1.807, 2.05) is 46.8 Å². The lowest BCUT2D eigenvalue weighted by atomic mass is 9.71. The zero-order valence-corrected chi connectivity index (χ0v) is 27.9. The maximum absolute atomic E-state index is 12.3. The summed E-state index contributed by atoms with van der Waals surface area (Å²) in [5.41, 5.74) is 2.69. The normalized spacial score (nSPS) is 11.2. The fourth-order valence-corrected chi connectivity index (χ4v) is 5.07. The summed E-state index contributed by atoms with van der Waals surface area (Å²) in [6.07, 6.45) is 1.30. The van der Waals surface area contributed by atoms with Crippen LogP contribution in [0.4, 0.5) is 0 Å². The van der Waals surface area contributed by atoms with Crippen molar-refractivity contribution in [1.82, 2.24) is 0 Å². The molecule has 0 heterocycles. The molecular weight excluding hydrogens is 608 g/mol. The molecule has 0 aromatic heterocycles. The molecule has 47 heavy (non-hydrogen) atoms. The minimum atomic E-state index is -0.791. The van der Waals surface area contributed by atoms with E-state index < -0.39 is 28.7 Å². The monoisotopic (exact) mass is 648 g/mol. The third-order valence-corrected chi connectivity index (χ3v) is 8.01. The summed E-state index contributed by atoms with van der Waals surface area (Å²) in [4.78, 5) is 59.7. The lowest BCUT2D eigenvalue weighted by Crippen LogP contribution is -2.27. The molecular formula is C36H40O11. The molecule has 11 nitrogen and oxygen atoms in total. The molecule has 0 spiro atoms. The first-order valence-corrected chi connectivity index (χ1v) is 14.7. The van der Waals surface area contributed by atoms with Crippen molar-refractivity contribution < 1.29 is 52.4 Å². The van der Waals surface area contributed by atoms with Crippen molar-refractivity contribution in [3.05, 3.63) is 87.5 Å². The molecule has 0 atom stereocenters. The van der Waals surface area contributed by atoms with Crippen molar-refractivity contribution in [2.45, 2.75) is 45.4 Å². The summed E-state index contributed by atoms with van der Waals surface area (Å²) < 4.78 is 31.4. The molecule has 0 bridgehead atoms. The molecule has 0 saturated carbocycles. The summed E-state index contributed by atoms with van der Waals surface area (Å²) >= 11 is 0. The smallest absolute Gasteiger partial charge is 0.343 e. The lowest BCUT2D eigenvalue weighted by molar-refractivity contribution is -0.143. The molecule has 0 aliphatic heterocycles. The van der Waals surface area contributed by atoms with Crippen LogP contribution >= 0.6 is 0 Å². The van der Waals surface area contributed by atoms with Crippen molar-refractivity contribution in [3.8, 4) is 17.2 Å². The summed E-state index contributed by atoms with van der Waals surface area (Å²) in [5, 5.41) is 0. The van der Waals surface area contributed by atoms with Crippen LogP contribution < -0.4 is 14.2 Å². The van der Waals surface area contributed by atoms with Gasteiger partial charge in [0, 0.05) is 22.0 Å². The van der Waals surface area contributed by atoms with E-state index in [2.05, 4.69) is 9.47 Å². The second-order valence-electron chi connectivity index (χ2n) is 11.8. The van der Waals surface area contributed by atoms with Crippen molar-refractivity contribution in [2.75, 3.05) is 41.2 Å². The SMILES string of the molecule is COC(=O)COc1ccc(C(C)(C)c2cc(C)cc(C(C)(C)c3ccc(OCC(=O)OC)c(C=O)c3)c2OCC(=O)OC)cc1C=O. The van der Waals surface area contributed by atoms with Crippen molar-refractivity contribution in [3.63, 3.8) is 0 Å². The molecule has 0 fully saturated rings. The van der Waals surface area contributed by atoms with E-state index in [0.29, 0.717) is 18.3 Å². The topological polar surface area (TPSA) is 141 Å². The summed E-state index contributed by atoms with van der Waals surface area (Å²) in [7, 11) is 3.76. The number of esters is 3. The van der Waals surface area contributed by atoms with Crippen molar-refractivity contribution >= 4 is 30.5 Å². The number of ether oxygens (including phenoxy) is 6. The summed E-state index contributed by atoms with van der Waals surface area (Å²) in [6, 6.07) is 14.1. The molecule has 3 rings (SSSR count). The predicted octanol–water partition coefficient (Wildman–Crippen LogP) is 4.93.